The number of para-hydroxylation sites is 2. The van der Waals surface area contributed by atoms with Crippen molar-refractivity contribution in [1.29, 1.82) is 0 Å². The molecule has 1 heterocycles. The summed E-state index contributed by atoms with van der Waals surface area (Å²) in [5.41, 5.74) is 8.07. The quantitative estimate of drug-likeness (QED) is 0.626. The van der Waals surface area contributed by atoms with Crippen molar-refractivity contribution in [1.82, 2.24) is 4.98 Å². The number of nitrogen functional groups attached to an aromatic ring is 1. The Labute approximate surface area is 97.3 Å². The Hall–Kier alpha value is -2.49. The molecule has 3 N–H and O–H groups in total. The van der Waals surface area contributed by atoms with Gasteiger partial charge in [0.25, 0.3) is 0 Å². The van der Waals surface area contributed by atoms with Gasteiger partial charge in [-0.3, -0.25) is 0 Å². The van der Waals surface area contributed by atoms with Crippen LogP contribution >= 0.6 is 0 Å². The van der Waals surface area contributed by atoms with Crippen molar-refractivity contribution in [3.8, 4) is 17.2 Å². The van der Waals surface area contributed by atoms with Gasteiger partial charge < -0.3 is 15.3 Å². The van der Waals surface area contributed by atoms with Crippen molar-refractivity contribution in [3.05, 3.63) is 42.5 Å². The van der Waals surface area contributed by atoms with E-state index in [9.17, 15) is 5.11 Å². The monoisotopic (exact) mass is 226 g/mol. The highest BCUT2D eigenvalue weighted by Crippen LogP contribution is 2.32. The third-order valence-electron chi connectivity index (χ3n) is 2.55. The zero-order valence-corrected chi connectivity index (χ0v) is 8.92. The molecule has 0 fully saturated rings. The summed E-state index contributed by atoms with van der Waals surface area (Å²) in [5, 5.41) is 9.79. The van der Waals surface area contributed by atoms with Crippen LogP contribution in [0.3, 0.4) is 0 Å². The normalized spacial score (nSPS) is 10.8. The first-order chi connectivity index (χ1) is 8.24. The van der Waals surface area contributed by atoms with E-state index in [-0.39, 0.29) is 5.75 Å². The molecule has 0 saturated heterocycles. The molecule has 17 heavy (non-hydrogen) atoms. The molecule has 0 amide bonds. The molecule has 0 unspecified atom stereocenters. The maximum absolute atomic E-state index is 9.79. The fourth-order valence-electron chi connectivity index (χ4n) is 1.72. The zero-order chi connectivity index (χ0) is 11.8. The molecule has 3 rings (SSSR count). The predicted molar refractivity (Wildman–Crippen MR) is 65.5 cm³/mol. The highest BCUT2D eigenvalue weighted by molar-refractivity contribution is 5.77. The van der Waals surface area contributed by atoms with Crippen molar-refractivity contribution < 1.29 is 9.52 Å². The van der Waals surface area contributed by atoms with E-state index < -0.39 is 0 Å². The second-order valence-electron chi connectivity index (χ2n) is 3.76. The summed E-state index contributed by atoms with van der Waals surface area (Å²) in [6.07, 6.45) is 0. The van der Waals surface area contributed by atoms with E-state index in [0.717, 1.165) is 5.52 Å². The summed E-state index contributed by atoms with van der Waals surface area (Å²) in [4.78, 5) is 4.31. The van der Waals surface area contributed by atoms with Crippen molar-refractivity contribution >= 4 is 16.8 Å². The largest absolute Gasteiger partial charge is 0.507 e. The van der Waals surface area contributed by atoms with Gasteiger partial charge in [-0.1, -0.05) is 12.1 Å². The molecule has 1 aromatic heterocycles. The molecule has 2 aromatic carbocycles. The minimum atomic E-state index is 0.0663. The van der Waals surface area contributed by atoms with Crippen LogP contribution in [-0.4, -0.2) is 10.1 Å². The second-order valence-corrected chi connectivity index (χ2v) is 3.76. The van der Waals surface area contributed by atoms with E-state index in [4.69, 9.17) is 10.2 Å². The summed E-state index contributed by atoms with van der Waals surface area (Å²) in [5.74, 6) is 0.459. The average Bonchev–Trinajstić information content (AvgIpc) is 2.72. The number of rotatable bonds is 1. The van der Waals surface area contributed by atoms with Crippen LogP contribution in [0.1, 0.15) is 0 Å². The first kappa shape index (κ1) is 9.72. The number of phenolic OH excluding ortho intramolecular Hbond substituents is 1. The minimum Gasteiger partial charge on any atom is -0.507 e. The predicted octanol–water partition coefficient (Wildman–Crippen LogP) is 2.78. The Kier molecular flexibility index (Phi) is 2.01. The van der Waals surface area contributed by atoms with Gasteiger partial charge in [-0.2, -0.15) is 0 Å². The number of hydrogen-bond acceptors (Lipinski definition) is 4. The average molecular weight is 226 g/mol. The summed E-state index contributed by atoms with van der Waals surface area (Å²) < 4.78 is 5.56. The Bertz CT molecular complexity index is 656. The molecule has 0 aliphatic heterocycles. The van der Waals surface area contributed by atoms with Gasteiger partial charge in [0.15, 0.2) is 5.58 Å². The lowest BCUT2D eigenvalue weighted by molar-refractivity contribution is 0.474. The number of phenols is 1. The van der Waals surface area contributed by atoms with Gasteiger partial charge in [-0.25, -0.2) is 4.98 Å². The number of aromatic hydroxyl groups is 1. The van der Waals surface area contributed by atoms with Crippen LogP contribution in [-0.2, 0) is 0 Å². The Morgan fingerprint density at radius 3 is 2.71 bits per heavy atom. The molecule has 0 atom stereocenters. The summed E-state index contributed by atoms with van der Waals surface area (Å²) in [6, 6.07) is 12.3. The third-order valence-corrected chi connectivity index (χ3v) is 2.55. The Morgan fingerprint density at radius 1 is 1.12 bits per heavy atom. The van der Waals surface area contributed by atoms with E-state index >= 15 is 0 Å². The van der Waals surface area contributed by atoms with Gasteiger partial charge in [0.2, 0.25) is 5.89 Å². The van der Waals surface area contributed by atoms with E-state index in [1.807, 2.05) is 24.3 Å². The lowest BCUT2D eigenvalue weighted by Crippen LogP contribution is -1.85. The first-order valence-electron chi connectivity index (χ1n) is 5.18. The molecule has 3 aromatic rings. The number of nitrogens with zero attached hydrogens (tertiary/aromatic N) is 1. The van der Waals surface area contributed by atoms with Crippen molar-refractivity contribution in [2.75, 3.05) is 5.73 Å². The number of oxazole rings is 1. The summed E-state index contributed by atoms with van der Waals surface area (Å²) in [6.45, 7) is 0. The van der Waals surface area contributed by atoms with Gasteiger partial charge >= 0.3 is 0 Å². The Morgan fingerprint density at radius 2 is 1.94 bits per heavy atom. The van der Waals surface area contributed by atoms with Crippen LogP contribution in [0.15, 0.2) is 46.9 Å². The van der Waals surface area contributed by atoms with Gasteiger partial charge in [-0.05, 0) is 24.3 Å². The molecule has 84 valence electrons. The lowest BCUT2D eigenvalue weighted by Gasteiger charge is -2.00. The standard InChI is InChI=1S/C13H10N2O2/c14-8-5-6-9(11(16)7-8)13-15-10-3-1-2-4-12(10)17-13/h1-7,16H,14H2. The van der Waals surface area contributed by atoms with E-state index in [0.29, 0.717) is 22.7 Å². The fraction of sp³-hybridized carbons (Fsp3) is 0. The second kappa shape index (κ2) is 3.52. The van der Waals surface area contributed by atoms with Gasteiger partial charge in [-0.15, -0.1) is 0 Å². The molecule has 0 spiro atoms. The molecular formula is C13H10N2O2. The number of anilines is 1. The number of aromatic nitrogens is 1. The molecule has 4 nitrogen and oxygen atoms in total. The SMILES string of the molecule is Nc1ccc(-c2nc3ccccc3o2)c(O)c1. The van der Waals surface area contributed by atoms with E-state index in [1.165, 1.54) is 6.07 Å². The van der Waals surface area contributed by atoms with Crippen LogP contribution in [0.4, 0.5) is 5.69 Å². The van der Waals surface area contributed by atoms with Crippen molar-refractivity contribution in [2.24, 2.45) is 0 Å². The van der Waals surface area contributed by atoms with Gasteiger partial charge in [0.05, 0.1) is 5.56 Å². The van der Waals surface area contributed by atoms with Gasteiger partial charge in [0, 0.05) is 11.8 Å². The minimum absolute atomic E-state index is 0.0663. The van der Waals surface area contributed by atoms with E-state index in [2.05, 4.69) is 4.98 Å². The van der Waals surface area contributed by atoms with Crippen LogP contribution < -0.4 is 5.73 Å². The zero-order valence-electron chi connectivity index (χ0n) is 8.92. The van der Waals surface area contributed by atoms with Crippen LogP contribution in [0.25, 0.3) is 22.6 Å². The Balaban J connectivity index is 2.20. The highest BCUT2D eigenvalue weighted by atomic mass is 16.3. The number of fused-ring (bicyclic) bond motifs is 1. The number of hydrogen-bond donors (Lipinski definition) is 2. The smallest absolute Gasteiger partial charge is 0.231 e. The molecule has 4 heteroatoms. The first-order valence-corrected chi connectivity index (χ1v) is 5.18. The molecular weight excluding hydrogens is 216 g/mol. The maximum Gasteiger partial charge on any atom is 0.231 e. The van der Waals surface area contributed by atoms with Crippen LogP contribution in [0.5, 0.6) is 5.75 Å². The third kappa shape index (κ3) is 1.59. The molecule has 0 radical (unpaired) electrons. The number of nitrogens with two attached hydrogens (primary N) is 1. The fourth-order valence-corrected chi connectivity index (χ4v) is 1.72. The molecule has 0 aliphatic rings. The van der Waals surface area contributed by atoms with Crippen LogP contribution in [0, 0.1) is 0 Å². The van der Waals surface area contributed by atoms with Gasteiger partial charge in [0.1, 0.15) is 11.3 Å². The van der Waals surface area contributed by atoms with Crippen molar-refractivity contribution in [3.63, 3.8) is 0 Å². The lowest BCUT2D eigenvalue weighted by atomic mass is 10.2. The van der Waals surface area contributed by atoms with Crippen molar-refractivity contribution in [2.45, 2.75) is 0 Å². The molecule has 0 saturated carbocycles. The highest BCUT2D eigenvalue weighted by Gasteiger charge is 2.11. The molecule has 0 aliphatic carbocycles. The summed E-state index contributed by atoms with van der Waals surface area (Å²) >= 11 is 0. The topological polar surface area (TPSA) is 72.3 Å². The molecule has 0 bridgehead atoms. The van der Waals surface area contributed by atoms with E-state index in [1.54, 1.807) is 12.1 Å². The number of benzene rings is 2. The summed E-state index contributed by atoms with van der Waals surface area (Å²) in [7, 11) is 0. The maximum atomic E-state index is 9.79. The van der Waals surface area contributed by atoms with Crippen LogP contribution in [0.2, 0.25) is 0 Å².